The van der Waals surface area contributed by atoms with Crippen LogP contribution in [0.15, 0.2) is 55.1 Å². The molecular weight excluding hydrogens is 526 g/mol. The van der Waals surface area contributed by atoms with Crippen LogP contribution in [0.1, 0.15) is 40.7 Å². The second-order valence-electron chi connectivity index (χ2n) is 11.1. The van der Waals surface area contributed by atoms with E-state index in [4.69, 9.17) is 4.98 Å². The van der Waals surface area contributed by atoms with Crippen LogP contribution in [0.2, 0.25) is 0 Å². The van der Waals surface area contributed by atoms with E-state index in [0.717, 1.165) is 40.7 Å². The monoisotopic (exact) mass is 559 g/mol. The Morgan fingerprint density at radius 2 is 1.67 bits per heavy atom. The van der Waals surface area contributed by atoms with Crippen molar-refractivity contribution in [2.24, 2.45) is 5.92 Å². The fourth-order valence-corrected chi connectivity index (χ4v) is 6.55. The average molecular weight is 560 g/mol. The van der Waals surface area contributed by atoms with Crippen LogP contribution < -0.4 is 14.7 Å². The molecule has 0 spiro atoms. The molecule has 9 heteroatoms. The lowest BCUT2D eigenvalue weighted by Crippen LogP contribution is -2.49. The molecule has 0 unspecified atom stereocenters. The van der Waals surface area contributed by atoms with Gasteiger partial charge in [-0.3, -0.25) is 9.59 Å². The highest BCUT2D eigenvalue weighted by atomic mass is 16.2. The van der Waals surface area contributed by atoms with Crippen molar-refractivity contribution in [3.05, 3.63) is 71.8 Å². The van der Waals surface area contributed by atoms with E-state index in [1.165, 1.54) is 6.08 Å². The van der Waals surface area contributed by atoms with Crippen molar-refractivity contribution in [3.63, 3.8) is 0 Å². The van der Waals surface area contributed by atoms with Gasteiger partial charge in [0.05, 0.1) is 17.3 Å². The zero-order chi connectivity index (χ0) is 29.2. The van der Waals surface area contributed by atoms with Crippen LogP contribution in [0.5, 0.6) is 0 Å². The van der Waals surface area contributed by atoms with Gasteiger partial charge in [0.25, 0.3) is 5.91 Å². The van der Waals surface area contributed by atoms with Crippen molar-refractivity contribution < 1.29 is 9.59 Å². The number of pyridine rings is 1. The highest BCUT2D eigenvalue weighted by Crippen LogP contribution is 2.39. The molecule has 3 aliphatic heterocycles. The molecule has 3 aliphatic rings. The van der Waals surface area contributed by atoms with E-state index < -0.39 is 0 Å². The normalized spacial score (nSPS) is 17.5. The van der Waals surface area contributed by atoms with Crippen molar-refractivity contribution >= 4 is 39.9 Å². The van der Waals surface area contributed by atoms with Crippen molar-refractivity contribution in [2.45, 2.75) is 25.7 Å². The zero-order valence-electron chi connectivity index (χ0n) is 23.6. The summed E-state index contributed by atoms with van der Waals surface area (Å²) in [6.45, 7) is 7.67. The number of nitrogens with zero attached hydrogens (tertiary/aromatic N) is 7. The minimum absolute atomic E-state index is 0.0914. The van der Waals surface area contributed by atoms with Crippen LogP contribution in [-0.2, 0) is 11.2 Å². The molecule has 0 atom stereocenters. The lowest BCUT2D eigenvalue weighted by molar-refractivity contribution is -0.126. The van der Waals surface area contributed by atoms with Gasteiger partial charge in [-0.25, -0.2) is 4.98 Å². The SMILES string of the molecule is C=CC(=O)N1CCN(c2nc(N3CCC(CC#N)CC3)c(C#N)c3c2CCN(c2cccc4ccccc24)C3=O)CC1. The molecule has 2 saturated heterocycles. The Kier molecular flexibility index (Phi) is 7.50. The number of benzene rings is 2. The smallest absolute Gasteiger partial charge is 0.260 e. The second kappa shape index (κ2) is 11.5. The summed E-state index contributed by atoms with van der Waals surface area (Å²) in [6, 6.07) is 18.6. The lowest BCUT2D eigenvalue weighted by atomic mass is 9.91. The highest BCUT2D eigenvalue weighted by Gasteiger charge is 2.37. The number of anilines is 3. The Labute approximate surface area is 245 Å². The first-order valence-corrected chi connectivity index (χ1v) is 14.6. The number of carbonyl (C=O) groups excluding carboxylic acids is 2. The number of rotatable bonds is 5. The van der Waals surface area contributed by atoms with Gasteiger partial charge in [-0.15, -0.1) is 0 Å². The van der Waals surface area contributed by atoms with Gasteiger partial charge in [0.1, 0.15) is 23.3 Å². The third kappa shape index (κ3) is 4.81. The molecule has 2 aromatic carbocycles. The largest absolute Gasteiger partial charge is 0.355 e. The van der Waals surface area contributed by atoms with Crippen LogP contribution in [0.4, 0.5) is 17.3 Å². The summed E-state index contributed by atoms with van der Waals surface area (Å²) in [6.07, 6.45) is 4.10. The maximum absolute atomic E-state index is 14.4. The minimum atomic E-state index is -0.186. The molecule has 2 fully saturated rings. The van der Waals surface area contributed by atoms with E-state index in [-0.39, 0.29) is 11.8 Å². The first-order chi connectivity index (χ1) is 20.5. The first-order valence-electron chi connectivity index (χ1n) is 14.6. The van der Waals surface area contributed by atoms with Crippen molar-refractivity contribution in [2.75, 3.05) is 60.5 Å². The molecule has 212 valence electrons. The fraction of sp³-hybridized carbons (Fsp3) is 0.364. The molecule has 2 amide bonds. The van der Waals surface area contributed by atoms with Gasteiger partial charge < -0.3 is 19.6 Å². The van der Waals surface area contributed by atoms with Gasteiger partial charge in [0, 0.05) is 63.2 Å². The molecule has 4 heterocycles. The topological polar surface area (TPSA) is 108 Å². The molecule has 0 aliphatic carbocycles. The van der Waals surface area contributed by atoms with E-state index in [1.54, 1.807) is 9.80 Å². The number of nitriles is 2. The molecule has 6 rings (SSSR count). The summed E-state index contributed by atoms with van der Waals surface area (Å²) in [4.78, 5) is 39.6. The van der Waals surface area contributed by atoms with Gasteiger partial charge in [-0.1, -0.05) is 43.0 Å². The molecule has 42 heavy (non-hydrogen) atoms. The maximum atomic E-state index is 14.4. The van der Waals surface area contributed by atoms with Gasteiger partial charge >= 0.3 is 0 Å². The van der Waals surface area contributed by atoms with Gasteiger partial charge in [0.2, 0.25) is 5.91 Å². The minimum Gasteiger partial charge on any atom is -0.355 e. The molecular formula is C33H33N7O2. The Bertz CT molecular complexity index is 1630. The van der Waals surface area contributed by atoms with Crippen molar-refractivity contribution in [1.82, 2.24) is 9.88 Å². The standard InChI is InChI=1S/C33H33N7O2/c1-2-29(41)37-18-20-39(21-19-37)31-26-13-17-40(28-9-5-7-24-6-3-4-8-25(24)28)33(42)30(26)27(22-35)32(36-31)38-15-11-23(10-14-34)12-16-38/h2-9,23H,1,10-13,15-21H2. The molecule has 0 N–H and O–H groups in total. The van der Waals surface area contributed by atoms with Crippen molar-refractivity contribution in [3.8, 4) is 12.1 Å². The molecule has 9 nitrogen and oxygen atoms in total. The number of carbonyl (C=O) groups is 2. The van der Waals surface area contributed by atoms with Gasteiger partial charge in [-0.05, 0) is 42.7 Å². The Balaban J connectivity index is 1.43. The van der Waals surface area contributed by atoms with E-state index in [2.05, 4.69) is 28.5 Å². The molecule has 1 aromatic heterocycles. The van der Waals surface area contributed by atoms with Gasteiger partial charge in [-0.2, -0.15) is 10.5 Å². The fourth-order valence-electron chi connectivity index (χ4n) is 6.55. The Morgan fingerprint density at radius 1 is 0.952 bits per heavy atom. The second-order valence-corrected chi connectivity index (χ2v) is 11.1. The summed E-state index contributed by atoms with van der Waals surface area (Å²) >= 11 is 0. The maximum Gasteiger partial charge on any atom is 0.260 e. The van der Waals surface area contributed by atoms with Gasteiger partial charge in [0.15, 0.2) is 0 Å². The van der Waals surface area contributed by atoms with E-state index in [9.17, 15) is 20.1 Å². The molecule has 3 aromatic rings. The van der Waals surface area contributed by atoms with E-state index in [1.807, 2.05) is 42.5 Å². The van der Waals surface area contributed by atoms with Crippen LogP contribution in [0.3, 0.4) is 0 Å². The Morgan fingerprint density at radius 3 is 2.38 bits per heavy atom. The Hall–Kier alpha value is -4.89. The molecule has 0 saturated carbocycles. The number of hydrogen-bond donors (Lipinski definition) is 0. The lowest BCUT2D eigenvalue weighted by Gasteiger charge is -2.39. The van der Waals surface area contributed by atoms with Crippen LogP contribution in [0.25, 0.3) is 10.8 Å². The van der Waals surface area contributed by atoms with E-state index >= 15 is 0 Å². The number of aromatic nitrogens is 1. The summed E-state index contributed by atoms with van der Waals surface area (Å²) in [5, 5.41) is 21.7. The summed E-state index contributed by atoms with van der Waals surface area (Å²) < 4.78 is 0. The van der Waals surface area contributed by atoms with E-state index in [0.29, 0.717) is 81.5 Å². The first kappa shape index (κ1) is 27.3. The predicted molar refractivity (Wildman–Crippen MR) is 162 cm³/mol. The number of hydrogen-bond acceptors (Lipinski definition) is 7. The van der Waals surface area contributed by atoms with Crippen LogP contribution in [0, 0.1) is 28.6 Å². The number of piperidine rings is 1. The molecule has 0 bridgehead atoms. The average Bonchev–Trinajstić information content (AvgIpc) is 3.04. The predicted octanol–water partition coefficient (Wildman–Crippen LogP) is 4.27. The summed E-state index contributed by atoms with van der Waals surface area (Å²) in [5.41, 5.74) is 2.39. The third-order valence-electron chi connectivity index (χ3n) is 8.83. The van der Waals surface area contributed by atoms with Crippen LogP contribution >= 0.6 is 0 Å². The molecule has 0 radical (unpaired) electrons. The summed E-state index contributed by atoms with van der Waals surface area (Å²) in [5.74, 6) is 1.32. The number of amides is 2. The summed E-state index contributed by atoms with van der Waals surface area (Å²) in [7, 11) is 0. The zero-order valence-corrected chi connectivity index (χ0v) is 23.6. The van der Waals surface area contributed by atoms with Crippen LogP contribution in [-0.4, -0.2) is 67.5 Å². The quantitative estimate of drug-likeness (QED) is 0.430. The van der Waals surface area contributed by atoms with Crippen molar-refractivity contribution in [1.29, 1.82) is 10.5 Å². The third-order valence-corrected chi connectivity index (χ3v) is 8.83. The number of piperazine rings is 1. The number of fused-ring (bicyclic) bond motifs is 2. The highest BCUT2D eigenvalue weighted by molar-refractivity contribution is 6.14.